The van der Waals surface area contributed by atoms with E-state index in [1.165, 1.54) is 7.11 Å². The van der Waals surface area contributed by atoms with Gasteiger partial charge in [0.05, 0.1) is 12.7 Å². The van der Waals surface area contributed by atoms with Crippen LogP contribution in [0.1, 0.15) is 47.3 Å². The second kappa shape index (κ2) is 9.47. The van der Waals surface area contributed by atoms with Gasteiger partial charge in [0.25, 0.3) is 5.91 Å². The first-order chi connectivity index (χ1) is 16.1. The summed E-state index contributed by atoms with van der Waals surface area (Å²) >= 11 is 0. The summed E-state index contributed by atoms with van der Waals surface area (Å²) in [5.41, 5.74) is 0.0938. The number of pyridine rings is 2. The van der Waals surface area contributed by atoms with E-state index in [0.29, 0.717) is 42.4 Å². The lowest BCUT2D eigenvalue weighted by Gasteiger charge is -2.34. The van der Waals surface area contributed by atoms with Crippen LogP contribution < -0.4 is 20.3 Å². The first kappa shape index (κ1) is 23.8. The zero-order chi connectivity index (χ0) is 24.5. The molecule has 2 aliphatic rings. The van der Waals surface area contributed by atoms with Crippen LogP contribution in [0.3, 0.4) is 0 Å². The zero-order valence-corrected chi connectivity index (χ0v) is 18.9. The molecule has 8 nitrogen and oxygen atoms in total. The van der Waals surface area contributed by atoms with Crippen LogP contribution in [0.5, 0.6) is 5.75 Å². The molecule has 2 aromatic heterocycles. The number of piperidine rings is 1. The lowest BCUT2D eigenvalue weighted by atomic mass is 10.0. The molecule has 0 aromatic carbocycles. The van der Waals surface area contributed by atoms with E-state index in [2.05, 4.69) is 20.6 Å². The number of hydrogen-bond donors (Lipinski definition) is 2. The molecular weight excluding hydrogens is 451 g/mol. The van der Waals surface area contributed by atoms with Gasteiger partial charge in [-0.05, 0) is 50.8 Å². The molecule has 11 heteroatoms. The third kappa shape index (κ3) is 5.57. The Morgan fingerprint density at radius 3 is 2.62 bits per heavy atom. The Kier molecular flexibility index (Phi) is 6.63. The van der Waals surface area contributed by atoms with E-state index in [9.17, 15) is 22.8 Å². The second-order valence-electron chi connectivity index (χ2n) is 8.65. The first-order valence-corrected chi connectivity index (χ1v) is 11.1. The average molecular weight is 477 g/mol. The summed E-state index contributed by atoms with van der Waals surface area (Å²) in [4.78, 5) is 35.1. The van der Waals surface area contributed by atoms with Gasteiger partial charge in [-0.1, -0.05) is 0 Å². The molecule has 182 valence electrons. The van der Waals surface area contributed by atoms with Gasteiger partial charge < -0.3 is 20.3 Å². The fraction of sp³-hybridized carbons (Fsp3) is 0.478. The minimum atomic E-state index is -4.52. The zero-order valence-electron chi connectivity index (χ0n) is 18.9. The highest BCUT2D eigenvalue weighted by atomic mass is 19.4. The summed E-state index contributed by atoms with van der Waals surface area (Å²) in [5, 5.41) is 5.74. The minimum absolute atomic E-state index is 0.0172. The van der Waals surface area contributed by atoms with Crippen molar-refractivity contribution >= 4 is 23.5 Å². The number of aromatic nitrogens is 2. The molecule has 3 heterocycles. The Balaban J connectivity index is 1.45. The van der Waals surface area contributed by atoms with Crippen molar-refractivity contribution in [3.63, 3.8) is 0 Å². The van der Waals surface area contributed by atoms with E-state index < -0.39 is 11.7 Å². The average Bonchev–Trinajstić information content (AvgIpc) is 3.63. The smallest absolute Gasteiger partial charge is 0.418 e. The van der Waals surface area contributed by atoms with Gasteiger partial charge in [0.2, 0.25) is 5.91 Å². The van der Waals surface area contributed by atoms with Gasteiger partial charge in [-0.25, -0.2) is 9.97 Å². The maximum Gasteiger partial charge on any atom is 0.418 e. The third-order valence-corrected chi connectivity index (χ3v) is 5.85. The van der Waals surface area contributed by atoms with Crippen LogP contribution in [0.4, 0.5) is 24.8 Å². The topological polar surface area (TPSA) is 96.4 Å². The normalized spacial score (nSPS) is 18.4. The van der Waals surface area contributed by atoms with Crippen molar-refractivity contribution in [2.24, 2.45) is 5.92 Å². The molecule has 2 amide bonds. The van der Waals surface area contributed by atoms with E-state index >= 15 is 0 Å². The molecule has 1 saturated heterocycles. The van der Waals surface area contributed by atoms with E-state index in [1.54, 1.807) is 19.1 Å². The SMILES string of the molecule is COc1cc(C(F)(F)F)cnc1N1CCCC(NC(=O)c2cc(C)nc(NC(=O)C3CC3)c2)C1. The van der Waals surface area contributed by atoms with E-state index in [0.717, 1.165) is 31.5 Å². The number of anilines is 2. The number of carbonyl (C=O) groups is 2. The molecule has 2 fully saturated rings. The summed E-state index contributed by atoms with van der Waals surface area (Å²) in [6, 6.07) is 3.88. The standard InChI is InChI=1S/C23H26F3N5O3/c1-13-8-15(9-19(28-13)30-21(32)14-5-6-14)22(33)29-17-4-3-7-31(12-17)20-18(34-2)10-16(11-27-20)23(24,25)26/h8-11,14,17H,3-7,12H2,1-2H3,(H,29,33)(H,28,30,32). The number of hydrogen-bond acceptors (Lipinski definition) is 6. The Labute approximate surface area is 194 Å². The van der Waals surface area contributed by atoms with Crippen LogP contribution in [-0.4, -0.2) is 48.0 Å². The van der Waals surface area contributed by atoms with Crippen molar-refractivity contribution in [3.05, 3.63) is 41.2 Å². The predicted octanol–water partition coefficient (Wildman–Crippen LogP) is 3.56. The number of aryl methyl sites for hydroxylation is 1. The van der Waals surface area contributed by atoms with Crippen molar-refractivity contribution in [1.29, 1.82) is 0 Å². The van der Waals surface area contributed by atoms with Crippen LogP contribution in [0.25, 0.3) is 0 Å². The number of methoxy groups -OCH3 is 1. The largest absolute Gasteiger partial charge is 0.493 e. The van der Waals surface area contributed by atoms with Crippen molar-refractivity contribution in [1.82, 2.24) is 15.3 Å². The molecule has 0 radical (unpaired) electrons. The molecule has 2 N–H and O–H groups in total. The van der Waals surface area contributed by atoms with Crippen LogP contribution in [0, 0.1) is 12.8 Å². The van der Waals surface area contributed by atoms with Crippen molar-refractivity contribution in [2.45, 2.75) is 44.8 Å². The fourth-order valence-electron chi connectivity index (χ4n) is 3.97. The maximum absolute atomic E-state index is 13.0. The monoisotopic (exact) mass is 477 g/mol. The molecule has 34 heavy (non-hydrogen) atoms. The number of alkyl halides is 3. The van der Waals surface area contributed by atoms with Crippen molar-refractivity contribution in [2.75, 3.05) is 30.4 Å². The quantitative estimate of drug-likeness (QED) is 0.661. The summed E-state index contributed by atoms with van der Waals surface area (Å²) in [5.74, 6) is 0.286. The van der Waals surface area contributed by atoms with Gasteiger partial charge in [-0.2, -0.15) is 13.2 Å². The number of ether oxygens (including phenoxy) is 1. The molecule has 0 bridgehead atoms. The number of amides is 2. The Bertz CT molecular complexity index is 1090. The van der Waals surface area contributed by atoms with Gasteiger partial charge in [0, 0.05) is 42.5 Å². The predicted molar refractivity (Wildman–Crippen MR) is 119 cm³/mol. The first-order valence-electron chi connectivity index (χ1n) is 11.1. The lowest BCUT2D eigenvalue weighted by molar-refractivity contribution is -0.137. The minimum Gasteiger partial charge on any atom is -0.493 e. The van der Waals surface area contributed by atoms with Crippen LogP contribution in [0.15, 0.2) is 24.4 Å². The number of halogens is 3. The molecular formula is C23H26F3N5O3. The lowest BCUT2D eigenvalue weighted by Crippen LogP contribution is -2.48. The molecule has 1 aliphatic heterocycles. The van der Waals surface area contributed by atoms with E-state index in [-0.39, 0.29) is 29.5 Å². The number of nitrogens with one attached hydrogen (secondary N) is 2. The second-order valence-corrected chi connectivity index (χ2v) is 8.65. The highest BCUT2D eigenvalue weighted by molar-refractivity contribution is 5.97. The van der Waals surface area contributed by atoms with Gasteiger partial charge in [-0.15, -0.1) is 0 Å². The Hall–Kier alpha value is -3.37. The third-order valence-electron chi connectivity index (χ3n) is 5.85. The Morgan fingerprint density at radius 1 is 1.18 bits per heavy atom. The number of nitrogens with zero attached hydrogens (tertiary/aromatic N) is 3. The van der Waals surface area contributed by atoms with Crippen molar-refractivity contribution < 1.29 is 27.5 Å². The summed E-state index contributed by atoms with van der Waals surface area (Å²) in [7, 11) is 1.30. The fourth-order valence-corrected chi connectivity index (χ4v) is 3.97. The molecule has 1 unspecified atom stereocenters. The molecule has 4 rings (SSSR count). The summed E-state index contributed by atoms with van der Waals surface area (Å²) in [6.07, 6.45) is -0.576. The van der Waals surface area contributed by atoms with Crippen LogP contribution in [-0.2, 0) is 11.0 Å². The van der Waals surface area contributed by atoms with Gasteiger partial charge in [0.15, 0.2) is 11.6 Å². The Morgan fingerprint density at radius 2 is 1.94 bits per heavy atom. The van der Waals surface area contributed by atoms with Crippen LogP contribution >= 0.6 is 0 Å². The number of carbonyl (C=O) groups excluding carboxylic acids is 2. The maximum atomic E-state index is 13.0. The molecule has 1 saturated carbocycles. The molecule has 0 spiro atoms. The summed E-state index contributed by atoms with van der Waals surface area (Å²) < 4.78 is 44.3. The van der Waals surface area contributed by atoms with E-state index in [4.69, 9.17) is 4.74 Å². The highest BCUT2D eigenvalue weighted by Gasteiger charge is 2.33. The van der Waals surface area contributed by atoms with Crippen molar-refractivity contribution in [3.8, 4) is 5.75 Å². The molecule has 1 atom stereocenters. The van der Waals surface area contributed by atoms with Gasteiger partial charge in [-0.3, -0.25) is 9.59 Å². The molecule has 1 aliphatic carbocycles. The van der Waals surface area contributed by atoms with Gasteiger partial charge in [0.1, 0.15) is 5.82 Å². The van der Waals surface area contributed by atoms with E-state index in [1.807, 2.05) is 4.90 Å². The van der Waals surface area contributed by atoms with Crippen LogP contribution in [0.2, 0.25) is 0 Å². The highest BCUT2D eigenvalue weighted by Crippen LogP contribution is 2.35. The van der Waals surface area contributed by atoms with Gasteiger partial charge >= 0.3 is 6.18 Å². The molecule has 2 aromatic rings. The number of rotatable bonds is 6. The summed E-state index contributed by atoms with van der Waals surface area (Å²) in [6.45, 7) is 2.69.